The van der Waals surface area contributed by atoms with Crippen LogP contribution in [0.4, 0.5) is 5.13 Å². The van der Waals surface area contributed by atoms with E-state index in [4.69, 9.17) is 9.47 Å². The quantitative estimate of drug-likeness (QED) is 0.807. The number of hydrogen-bond acceptors (Lipinski definition) is 5. The van der Waals surface area contributed by atoms with Crippen LogP contribution in [-0.2, 0) is 11.2 Å². The number of anilines is 1. The van der Waals surface area contributed by atoms with Crippen LogP contribution in [0, 0.1) is 0 Å². The molecule has 110 valence electrons. The largest absolute Gasteiger partial charge is 0.454 e. The zero-order valence-corrected chi connectivity index (χ0v) is 12.4. The van der Waals surface area contributed by atoms with Gasteiger partial charge >= 0.3 is 0 Å². The molecule has 6 heteroatoms. The maximum absolute atomic E-state index is 12.1. The minimum absolute atomic E-state index is 0.0784. The van der Waals surface area contributed by atoms with Crippen LogP contribution in [0.2, 0.25) is 0 Å². The Bertz CT molecular complexity index is 804. The van der Waals surface area contributed by atoms with Gasteiger partial charge in [-0.2, -0.15) is 0 Å². The third-order valence-corrected chi connectivity index (χ3v) is 4.27. The number of thiazole rings is 1. The molecule has 2 heterocycles. The van der Waals surface area contributed by atoms with Gasteiger partial charge in [-0.05, 0) is 5.56 Å². The standard InChI is InChI=1S/C16H12N2O3S/c19-15(6-10-4-2-1-3-5-10)18-16-17-11-7-12-13(21-9-20-12)8-14(11)22-16/h1-5,7-8H,6,9H2,(H,17,18,19). The minimum atomic E-state index is -0.0784. The van der Waals surface area contributed by atoms with Crippen LogP contribution in [0.25, 0.3) is 10.2 Å². The normalized spacial score (nSPS) is 12.5. The number of benzene rings is 2. The predicted molar refractivity (Wildman–Crippen MR) is 84.5 cm³/mol. The molecule has 22 heavy (non-hydrogen) atoms. The van der Waals surface area contributed by atoms with E-state index in [1.54, 1.807) is 0 Å². The number of ether oxygens (including phenoxy) is 2. The van der Waals surface area contributed by atoms with E-state index in [0.717, 1.165) is 21.5 Å². The maximum atomic E-state index is 12.1. The lowest BCUT2D eigenvalue weighted by atomic mass is 10.1. The van der Waals surface area contributed by atoms with Crippen molar-refractivity contribution < 1.29 is 14.3 Å². The zero-order chi connectivity index (χ0) is 14.9. The molecule has 5 nitrogen and oxygen atoms in total. The lowest BCUT2D eigenvalue weighted by Crippen LogP contribution is -2.13. The van der Waals surface area contributed by atoms with Gasteiger partial charge in [0.25, 0.3) is 0 Å². The van der Waals surface area contributed by atoms with Crippen LogP contribution in [0.1, 0.15) is 5.56 Å². The number of aromatic nitrogens is 1. The SMILES string of the molecule is O=C(Cc1ccccc1)Nc1nc2cc3c(cc2s1)OCO3. The van der Waals surface area contributed by atoms with Gasteiger partial charge in [-0.25, -0.2) is 4.98 Å². The van der Waals surface area contributed by atoms with Crippen molar-refractivity contribution in [1.29, 1.82) is 0 Å². The first-order chi connectivity index (χ1) is 10.8. The molecular formula is C16H12N2O3S. The molecular weight excluding hydrogens is 300 g/mol. The van der Waals surface area contributed by atoms with Crippen molar-refractivity contribution in [2.24, 2.45) is 0 Å². The number of carbonyl (C=O) groups excluding carboxylic acids is 1. The van der Waals surface area contributed by atoms with E-state index in [-0.39, 0.29) is 12.7 Å². The molecule has 1 aliphatic rings. The highest BCUT2D eigenvalue weighted by atomic mass is 32.1. The Balaban J connectivity index is 1.53. The molecule has 1 aliphatic heterocycles. The van der Waals surface area contributed by atoms with Gasteiger partial charge in [0, 0.05) is 12.1 Å². The van der Waals surface area contributed by atoms with Crippen molar-refractivity contribution in [2.75, 3.05) is 12.1 Å². The summed E-state index contributed by atoms with van der Waals surface area (Å²) in [5, 5.41) is 3.42. The van der Waals surface area contributed by atoms with Crippen LogP contribution in [0.5, 0.6) is 11.5 Å². The summed E-state index contributed by atoms with van der Waals surface area (Å²) < 4.78 is 11.6. The van der Waals surface area contributed by atoms with Gasteiger partial charge in [0.15, 0.2) is 16.6 Å². The van der Waals surface area contributed by atoms with Crippen molar-refractivity contribution >= 4 is 32.6 Å². The van der Waals surface area contributed by atoms with Crippen molar-refractivity contribution in [2.45, 2.75) is 6.42 Å². The molecule has 0 radical (unpaired) electrons. The Morgan fingerprint density at radius 2 is 1.95 bits per heavy atom. The monoisotopic (exact) mass is 312 g/mol. The van der Waals surface area contributed by atoms with Crippen LogP contribution >= 0.6 is 11.3 Å². The number of amides is 1. The first-order valence-corrected chi connectivity index (χ1v) is 7.63. The number of nitrogens with one attached hydrogen (secondary N) is 1. The Morgan fingerprint density at radius 3 is 2.77 bits per heavy atom. The van der Waals surface area contributed by atoms with Gasteiger partial charge in [-0.1, -0.05) is 41.7 Å². The zero-order valence-electron chi connectivity index (χ0n) is 11.5. The first kappa shape index (κ1) is 13.1. The summed E-state index contributed by atoms with van der Waals surface area (Å²) in [7, 11) is 0. The van der Waals surface area contributed by atoms with E-state index in [2.05, 4.69) is 10.3 Å². The summed E-state index contributed by atoms with van der Waals surface area (Å²) >= 11 is 1.42. The summed E-state index contributed by atoms with van der Waals surface area (Å²) in [6.07, 6.45) is 0.333. The van der Waals surface area contributed by atoms with Crippen LogP contribution < -0.4 is 14.8 Å². The molecule has 0 spiro atoms. The van der Waals surface area contributed by atoms with E-state index in [1.165, 1.54) is 11.3 Å². The molecule has 4 rings (SSSR count). The van der Waals surface area contributed by atoms with Gasteiger partial charge in [0.2, 0.25) is 12.7 Å². The number of hydrogen-bond donors (Lipinski definition) is 1. The van der Waals surface area contributed by atoms with Gasteiger partial charge in [0.1, 0.15) is 0 Å². The van der Waals surface area contributed by atoms with Crippen molar-refractivity contribution in [3.05, 3.63) is 48.0 Å². The van der Waals surface area contributed by atoms with Crippen LogP contribution in [-0.4, -0.2) is 17.7 Å². The number of nitrogens with zero attached hydrogens (tertiary/aromatic N) is 1. The van der Waals surface area contributed by atoms with Crippen molar-refractivity contribution in [3.63, 3.8) is 0 Å². The van der Waals surface area contributed by atoms with Crippen molar-refractivity contribution in [3.8, 4) is 11.5 Å². The third-order valence-electron chi connectivity index (χ3n) is 3.34. The van der Waals surface area contributed by atoms with E-state index in [9.17, 15) is 4.79 Å². The second-order valence-electron chi connectivity index (χ2n) is 4.90. The lowest BCUT2D eigenvalue weighted by molar-refractivity contribution is -0.115. The number of fused-ring (bicyclic) bond motifs is 2. The average Bonchev–Trinajstić information content (AvgIpc) is 3.10. The highest BCUT2D eigenvalue weighted by Gasteiger charge is 2.17. The molecule has 1 amide bonds. The molecule has 1 N–H and O–H groups in total. The van der Waals surface area contributed by atoms with E-state index in [1.807, 2.05) is 42.5 Å². The lowest BCUT2D eigenvalue weighted by Gasteiger charge is -2.01. The van der Waals surface area contributed by atoms with Gasteiger partial charge in [-0.3, -0.25) is 4.79 Å². The van der Waals surface area contributed by atoms with Gasteiger partial charge in [0.05, 0.1) is 16.6 Å². The molecule has 0 saturated carbocycles. The molecule has 0 atom stereocenters. The first-order valence-electron chi connectivity index (χ1n) is 6.82. The molecule has 0 unspecified atom stereocenters. The molecule has 0 saturated heterocycles. The summed E-state index contributed by atoms with van der Waals surface area (Å²) in [4.78, 5) is 16.5. The third kappa shape index (κ3) is 2.48. The van der Waals surface area contributed by atoms with Crippen LogP contribution in [0.3, 0.4) is 0 Å². The van der Waals surface area contributed by atoms with Gasteiger partial charge < -0.3 is 14.8 Å². The summed E-state index contributed by atoms with van der Waals surface area (Å²) in [5.41, 5.74) is 1.77. The fraction of sp³-hybridized carbons (Fsp3) is 0.125. The average molecular weight is 312 g/mol. The van der Waals surface area contributed by atoms with Crippen LogP contribution in [0.15, 0.2) is 42.5 Å². The Kier molecular flexibility index (Phi) is 3.16. The molecule has 0 bridgehead atoms. The minimum Gasteiger partial charge on any atom is -0.454 e. The topological polar surface area (TPSA) is 60.5 Å². The second kappa shape index (κ2) is 5.31. The molecule has 1 aromatic heterocycles. The summed E-state index contributed by atoms with van der Waals surface area (Å²) in [6, 6.07) is 13.3. The smallest absolute Gasteiger partial charge is 0.231 e. The highest BCUT2D eigenvalue weighted by molar-refractivity contribution is 7.22. The fourth-order valence-electron chi connectivity index (χ4n) is 2.32. The molecule has 3 aromatic rings. The van der Waals surface area contributed by atoms with Gasteiger partial charge in [-0.15, -0.1) is 0 Å². The summed E-state index contributed by atoms with van der Waals surface area (Å²) in [5.74, 6) is 1.34. The molecule has 0 fully saturated rings. The Labute approximate surface area is 130 Å². The number of carbonyl (C=O) groups is 1. The Hall–Kier alpha value is -2.60. The summed E-state index contributed by atoms with van der Waals surface area (Å²) in [6.45, 7) is 0.243. The van der Waals surface area contributed by atoms with E-state index >= 15 is 0 Å². The Morgan fingerprint density at radius 1 is 1.18 bits per heavy atom. The molecule has 2 aromatic carbocycles. The van der Waals surface area contributed by atoms with Crippen molar-refractivity contribution in [1.82, 2.24) is 4.98 Å². The maximum Gasteiger partial charge on any atom is 0.231 e. The molecule has 0 aliphatic carbocycles. The van der Waals surface area contributed by atoms with E-state index in [0.29, 0.717) is 17.3 Å². The second-order valence-corrected chi connectivity index (χ2v) is 5.93. The van der Waals surface area contributed by atoms with E-state index < -0.39 is 0 Å². The fourth-order valence-corrected chi connectivity index (χ4v) is 3.21. The number of rotatable bonds is 3. The highest BCUT2D eigenvalue weighted by Crippen LogP contribution is 2.38. The predicted octanol–water partition coefficient (Wildman–Crippen LogP) is 3.21.